The fourth-order valence-electron chi connectivity index (χ4n) is 2.95. The maximum Gasteiger partial charge on any atom is 0.237 e. The second kappa shape index (κ2) is 10.6. The zero-order valence-corrected chi connectivity index (χ0v) is 16.6. The lowest BCUT2D eigenvalue weighted by Gasteiger charge is -2.20. The van der Waals surface area contributed by atoms with Crippen molar-refractivity contribution < 1.29 is 4.79 Å². The average Bonchev–Trinajstić information content (AvgIpc) is 3.04. The number of nitrogens with zero attached hydrogens (tertiary/aromatic N) is 2. The molecule has 0 radical (unpaired) electrons. The number of carbonyl (C=O) groups is 1. The molecule has 2 atom stereocenters. The Balaban J connectivity index is 0.00000169. The topological polar surface area (TPSA) is 71.2 Å². The largest absolute Gasteiger partial charge is 0.353 e. The van der Waals surface area contributed by atoms with Gasteiger partial charge in [-0.2, -0.15) is 0 Å². The zero-order valence-electron chi connectivity index (χ0n) is 14.2. The molecule has 1 aromatic carbocycles. The quantitative estimate of drug-likeness (QED) is 0.785. The summed E-state index contributed by atoms with van der Waals surface area (Å²) in [5, 5.41) is 3.67. The Morgan fingerprint density at radius 1 is 1.27 bits per heavy atom. The SMILES string of the molecule is Cl.Cl.NC(Cc1ccccc1)C(=O)NC1CCN(c2ncccc2Cl)C1. The number of benzene rings is 1. The van der Waals surface area contributed by atoms with Crippen LogP contribution < -0.4 is 16.0 Å². The summed E-state index contributed by atoms with van der Waals surface area (Å²) in [6, 6.07) is 13.0. The first-order valence-electron chi connectivity index (χ1n) is 8.09. The Morgan fingerprint density at radius 2 is 2.00 bits per heavy atom. The number of nitrogens with one attached hydrogen (secondary N) is 1. The van der Waals surface area contributed by atoms with Crippen LogP contribution in [0.3, 0.4) is 0 Å². The highest BCUT2D eigenvalue weighted by Crippen LogP contribution is 2.25. The molecule has 1 fully saturated rings. The van der Waals surface area contributed by atoms with Crippen molar-refractivity contribution in [3.8, 4) is 0 Å². The van der Waals surface area contributed by atoms with Crippen molar-refractivity contribution in [1.82, 2.24) is 10.3 Å². The van der Waals surface area contributed by atoms with Crippen molar-refractivity contribution in [2.45, 2.75) is 24.9 Å². The molecule has 5 nitrogen and oxygen atoms in total. The summed E-state index contributed by atoms with van der Waals surface area (Å²) in [7, 11) is 0. The Bertz CT molecular complexity index is 702. The second-order valence-electron chi connectivity index (χ2n) is 6.05. The molecule has 26 heavy (non-hydrogen) atoms. The predicted octanol–water partition coefficient (Wildman–Crippen LogP) is 2.84. The van der Waals surface area contributed by atoms with Gasteiger partial charge in [0.1, 0.15) is 5.82 Å². The zero-order chi connectivity index (χ0) is 16.9. The van der Waals surface area contributed by atoms with Crippen LogP contribution in [-0.4, -0.2) is 36.1 Å². The molecular weight excluding hydrogens is 395 g/mol. The Labute approximate surface area is 171 Å². The number of anilines is 1. The minimum absolute atomic E-state index is 0. The van der Waals surface area contributed by atoms with E-state index < -0.39 is 6.04 Å². The van der Waals surface area contributed by atoms with Crippen LogP contribution in [0.2, 0.25) is 5.02 Å². The number of amides is 1. The van der Waals surface area contributed by atoms with Gasteiger partial charge in [0, 0.05) is 25.3 Å². The van der Waals surface area contributed by atoms with E-state index in [2.05, 4.69) is 15.2 Å². The van der Waals surface area contributed by atoms with Gasteiger partial charge >= 0.3 is 0 Å². The van der Waals surface area contributed by atoms with Crippen LogP contribution in [0.4, 0.5) is 5.82 Å². The summed E-state index contributed by atoms with van der Waals surface area (Å²) in [6.45, 7) is 1.51. The summed E-state index contributed by atoms with van der Waals surface area (Å²) in [6.07, 6.45) is 3.12. The highest BCUT2D eigenvalue weighted by molar-refractivity contribution is 6.32. The van der Waals surface area contributed by atoms with E-state index in [1.165, 1.54) is 0 Å². The standard InChI is InChI=1S/C18H21ClN4O.2ClH/c19-15-7-4-9-21-17(15)23-10-8-14(12-23)22-18(24)16(20)11-13-5-2-1-3-6-13;;/h1-7,9,14,16H,8,10-12,20H2,(H,22,24);2*1H. The van der Waals surface area contributed by atoms with Crippen LogP contribution in [0, 0.1) is 0 Å². The normalized spacial score (nSPS) is 17.0. The van der Waals surface area contributed by atoms with Crippen molar-refractivity contribution in [2.75, 3.05) is 18.0 Å². The van der Waals surface area contributed by atoms with Gasteiger partial charge in [0.15, 0.2) is 0 Å². The predicted molar refractivity (Wildman–Crippen MR) is 111 cm³/mol. The van der Waals surface area contributed by atoms with E-state index in [4.69, 9.17) is 17.3 Å². The fourth-order valence-corrected chi connectivity index (χ4v) is 3.19. The van der Waals surface area contributed by atoms with E-state index in [0.29, 0.717) is 18.0 Å². The maximum atomic E-state index is 12.3. The van der Waals surface area contributed by atoms with Gasteiger partial charge in [0.05, 0.1) is 11.1 Å². The Kier molecular flexibility index (Phi) is 9.16. The van der Waals surface area contributed by atoms with Gasteiger partial charge in [-0.3, -0.25) is 4.79 Å². The monoisotopic (exact) mass is 416 g/mol. The summed E-state index contributed by atoms with van der Waals surface area (Å²) < 4.78 is 0. The molecule has 0 saturated carbocycles. The average molecular weight is 418 g/mol. The lowest BCUT2D eigenvalue weighted by atomic mass is 10.1. The lowest BCUT2D eigenvalue weighted by molar-refractivity contribution is -0.122. The van der Waals surface area contributed by atoms with Crippen molar-refractivity contribution in [3.05, 3.63) is 59.2 Å². The van der Waals surface area contributed by atoms with Gasteiger partial charge in [0.2, 0.25) is 5.91 Å². The van der Waals surface area contributed by atoms with E-state index in [9.17, 15) is 4.79 Å². The third-order valence-electron chi connectivity index (χ3n) is 4.21. The summed E-state index contributed by atoms with van der Waals surface area (Å²) in [5.74, 6) is 0.655. The molecule has 0 spiro atoms. The fraction of sp³-hybridized carbons (Fsp3) is 0.333. The Hall–Kier alpha value is -1.53. The van der Waals surface area contributed by atoms with Crippen LogP contribution in [0.1, 0.15) is 12.0 Å². The first kappa shape index (κ1) is 22.5. The number of halogens is 3. The minimum atomic E-state index is -0.542. The first-order chi connectivity index (χ1) is 11.6. The third-order valence-corrected chi connectivity index (χ3v) is 4.50. The molecular formula is C18H23Cl3N4O. The van der Waals surface area contributed by atoms with Crippen molar-refractivity contribution in [3.63, 3.8) is 0 Å². The number of aromatic nitrogens is 1. The van der Waals surface area contributed by atoms with Crippen LogP contribution >= 0.6 is 36.4 Å². The molecule has 0 aliphatic carbocycles. The first-order valence-corrected chi connectivity index (χ1v) is 8.46. The molecule has 1 aliphatic heterocycles. The summed E-state index contributed by atoms with van der Waals surface area (Å²) in [4.78, 5) is 18.7. The van der Waals surface area contributed by atoms with E-state index in [1.807, 2.05) is 42.5 Å². The number of carbonyl (C=O) groups excluding carboxylic acids is 1. The molecule has 142 valence electrons. The summed E-state index contributed by atoms with van der Waals surface area (Å²) in [5.41, 5.74) is 7.10. The van der Waals surface area contributed by atoms with E-state index in [0.717, 1.165) is 24.3 Å². The third kappa shape index (κ3) is 5.74. The molecule has 0 bridgehead atoms. The van der Waals surface area contributed by atoms with Crippen LogP contribution in [0.15, 0.2) is 48.7 Å². The molecule has 1 saturated heterocycles. The number of hydrogen-bond acceptors (Lipinski definition) is 4. The van der Waals surface area contributed by atoms with Gasteiger partial charge in [-0.1, -0.05) is 41.9 Å². The van der Waals surface area contributed by atoms with Gasteiger partial charge in [-0.15, -0.1) is 24.8 Å². The molecule has 1 aromatic heterocycles. The molecule has 2 unspecified atom stereocenters. The molecule has 2 aromatic rings. The summed E-state index contributed by atoms with van der Waals surface area (Å²) >= 11 is 6.19. The van der Waals surface area contributed by atoms with Gasteiger partial charge in [-0.05, 0) is 30.5 Å². The highest BCUT2D eigenvalue weighted by atomic mass is 35.5. The number of nitrogens with two attached hydrogens (primary N) is 1. The Morgan fingerprint density at radius 3 is 2.69 bits per heavy atom. The molecule has 8 heteroatoms. The van der Waals surface area contributed by atoms with Crippen LogP contribution in [0.25, 0.3) is 0 Å². The molecule has 2 heterocycles. The number of rotatable bonds is 5. The van der Waals surface area contributed by atoms with Crippen LogP contribution in [0.5, 0.6) is 0 Å². The number of hydrogen-bond donors (Lipinski definition) is 2. The van der Waals surface area contributed by atoms with Gasteiger partial charge in [0.25, 0.3) is 0 Å². The van der Waals surface area contributed by atoms with Gasteiger partial charge in [-0.25, -0.2) is 4.98 Å². The van der Waals surface area contributed by atoms with E-state index in [-0.39, 0.29) is 36.8 Å². The van der Waals surface area contributed by atoms with Crippen molar-refractivity contribution >= 4 is 48.1 Å². The molecule has 1 amide bonds. The lowest BCUT2D eigenvalue weighted by Crippen LogP contribution is -2.47. The molecule has 1 aliphatic rings. The van der Waals surface area contributed by atoms with Crippen LogP contribution in [-0.2, 0) is 11.2 Å². The molecule has 3 N–H and O–H groups in total. The van der Waals surface area contributed by atoms with E-state index >= 15 is 0 Å². The van der Waals surface area contributed by atoms with E-state index in [1.54, 1.807) is 6.20 Å². The van der Waals surface area contributed by atoms with Crippen molar-refractivity contribution in [2.24, 2.45) is 5.73 Å². The molecule has 3 rings (SSSR count). The number of pyridine rings is 1. The smallest absolute Gasteiger partial charge is 0.237 e. The van der Waals surface area contributed by atoms with Gasteiger partial charge < -0.3 is 16.0 Å². The highest BCUT2D eigenvalue weighted by Gasteiger charge is 2.27. The maximum absolute atomic E-state index is 12.3. The van der Waals surface area contributed by atoms with Crippen molar-refractivity contribution in [1.29, 1.82) is 0 Å². The minimum Gasteiger partial charge on any atom is -0.353 e. The second-order valence-corrected chi connectivity index (χ2v) is 6.45.